The molecule has 0 spiro atoms. The van der Waals surface area contributed by atoms with E-state index in [1.807, 2.05) is 11.8 Å². The first-order chi connectivity index (χ1) is 11.4. The smallest absolute Gasteiger partial charge is 0.407 e. The number of carboxylic acid groups (broad SMARTS) is 1. The van der Waals surface area contributed by atoms with E-state index >= 15 is 0 Å². The van der Waals surface area contributed by atoms with E-state index < -0.39 is 6.09 Å². The molecule has 1 aromatic rings. The average molecular weight is 346 g/mol. The lowest BCUT2D eigenvalue weighted by Crippen LogP contribution is -2.54. The molecule has 24 heavy (non-hydrogen) atoms. The molecule has 130 valence electrons. The molecule has 0 saturated carbocycles. The summed E-state index contributed by atoms with van der Waals surface area (Å²) >= 11 is 2.04. The van der Waals surface area contributed by atoms with Crippen molar-refractivity contribution in [3.63, 3.8) is 0 Å². The number of nitrogens with zero attached hydrogens (tertiary/aromatic N) is 2. The summed E-state index contributed by atoms with van der Waals surface area (Å²) in [7, 11) is 0. The molecule has 5 heteroatoms. The molecular weight excluding hydrogens is 320 g/mol. The first-order valence-electron chi connectivity index (χ1n) is 8.83. The summed E-state index contributed by atoms with van der Waals surface area (Å²) in [5.41, 5.74) is 4.44. The Balaban J connectivity index is 1.81. The Morgan fingerprint density at radius 1 is 1.33 bits per heavy atom. The summed E-state index contributed by atoms with van der Waals surface area (Å²) in [4.78, 5) is 15.8. The van der Waals surface area contributed by atoms with Crippen molar-refractivity contribution < 1.29 is 9.90 Å². The number of hydrogen-bond acceptors (Lipinski definition) is 3. The van der Waals surface area contributed by atoms with Crippen molar-refractivity contribution in [2.75, 3.05) is 23.7 Å². The van der Waals surface area contributed by atoms with Crippen molar-refractivity contribution in [3.8, 4) is 0 Å². The number of hydrogen-bond donors (Lipinski definition) is 1. The van der Waals surface area contributed by atoms with E-state index in [-0.39, 0.29) is 5.41 Å². The monoisotopic (exact) mass is 346 g/mol. The Labute approximate surface area is 148 Å². The Morgan fingerprint density at radius 2 is 2.12 bits per heavy atom. The first kappa shape index (κ1) is 16.1. The van der Waals surface area contributed by atoms with Gasteiger partial charge in [-0.05, 0) is 23.0 Å². The van der Waals surface area contributed by atoms with Crippen LogP contribution in [0, 0.1) is 5.41 Å². The van der Waals surface area contributed by atoms with E-state index in [1.165, 1.54) is 16.8 Å². The summed E-state index contributed by atoms with van der Waals surface area (Å²) in [5, 5.41) is 9.43. The van der Waals surface area contributed by atoms with Crippen LogP contribution < -0.4 is 4.90 Å². The molecule has 3 heterocycles. The summed E-state index contributed by atoms with van der Waals surface area (Å²) in [6.07, 6.45) is 0.155. The SMILES string of the molecule is CC(C)(C)C1CSCc2cccc3c2N1[C@H]1CCN(C(=O)O)C[C@@H]31. The van der Waals surface area contributed by atoms with Crippen LogP contribution in [0.25, 0.3) is 0 Å². The van der Waals surface area contributed by atoms with Crippen LogP contribution in [0.4, 0.5) is 10.5 Å². The van der Waals surface area contributed by atoms with Gasteiger partial charge in [-0.2, -0.15) is 11.8 Å². The zero-order chi connectivity index (χ0) is 17.1. The molecule has 0 aliphatic carbocycles. The first-order valence-corrected chi connectivity index (χ1v) is 9.99. The fourth-order valence-electron chi connectivity index (χ4n) is 4.67. The third-order valence-corrected chi connectivity index (χ3v) is 6.95. The van der Waals surface area contributed by atoms with Crippen LogP contribution in [0.5, 0.6) is 0 Å². The van der Waals surface area contributed by atoms with Crippen LogP contribution in [0.15, 0.2) is 18.2 Å². The molecule has 0 radical (unpaired) electrons. The van der Waals surface area contributed by atoms with E-state index in [1.54, 1.807) is 4.90 Å². The maximum absolute atomic E-state index is 11.5. The van der Waals surface area contributed by atoms with E-state index in [0.29, 0.717) is 31.1 Å². The molecule has 4 rings (SSSR count). The molecule has 0 aromatic heterocycles. The van der Waals surface area contributed by atoms with Crippen LogP contribution in [0.1, 0.15) is 44.2 Å². The van der Waals surface area contributed by atoms with Crippen LogP contribution in [0.2, 0.25) is 0 Å². The van der Waals surface area contributed by atoms with Gasteiger partial charge in [0.05, 0.1) is 0 Å². The minimum absolute atomic E-state index is 0.209. The minimum atomic E-state index is -0.778. The van der Waals surface area contributed by atoms with Crippen molar-refractivity contribution in [2.45, 2.75) is 50.9 Å². The second kappa shape index (κ2) is 5.58. The standard InChI is InChI=1S/C19H26N2O2S/c1-19(2,3)16-11-24-10-12-5-4-6-13-14-9-20(18(22)23)8-7-15(14)21(16)17(12)13/h4-6,14-16H,7-11H2,1-3H3,(H,22,23)/t14-,15-,16?/m0/s1. The van der Waals surface area contributed by atoms with Crippen molar-refractivity contribution in [1.29, 1.82) is 0 Å². The van der Waals surface area contributed by atoms with Gasteiger partial charge in [0.2, 0.25) is 0 Å². The van der Waals surface area contributed by atoms with Gasteiger partial charge in [-0.1, -0.05) is 39.0 Å². The lowest BCUT2D eigenvalue weighted by atomic mass is 9.84. The molecular formula is C19H26N2O2S. The highest BCUT2D eigenvalue weighted by atomic mass is 32.2. The van der Waals surface area contributed by atoms with Gasteiger partial charge < -0.3 is 14.9 Å². The fraction of sp³-hybridized carbons (Fsp3) is 0.632. The van der Waals surface area contributed by atoms with E-state index in [2.05, 4.69) is 43.9 Å². The second-order valence-corrected chi connectivity index (χ2v) is 9.38. The number of thioether (sulfide) groups is 1. The Bertz CT molecular complexity index is 670. The van der Waals surface area contributed by atoms with E-state index in [9.17, 15) is 9.90 Å². The Hall–Kier alpha value is -1.36. The lowest BCUT2D eigenvalue weighted by Gasteiger charge is -2.45. The van der Waals surface area contributed by atoms with Gasteiger partial charge in [-0.25, -0.2) is 4.79 Å². The van der Waals surface area contributed by atoms with Gasteiger partial charge in [0.25, 0.3) is 0 Å². The lowest BCUT2D eigenvalue weighted by molar-refractivity contribution is 0.124. The number of fused-ring (bicyclic) bond motifs is 3. The third-order valence-electron chi connectivity index (χ3n) is 5.88. The highest BCUT2D eigenvalue weighted by Gasteiger charge is 2.48. The van der Waals surface area contributed by atoms with Gasteiger partial charge in [0.1, 0.15) is 0 Å². The largest absolute Gasteiger partial charge is 0.465 e. The summed E-state index contributed by atoms with van der Waals surface area (Å²) in [5.74, 6) is 2.52. The third kappa shape index (κ3) is 2.40. The number of benzene rings is 1. The van der Waals surface area contributed by atoms with Crippen molar-refractivity contribution in [1.82, 2.24) is 4.90 Å². The molecule has 3 aliphatic heterocycles. The van der Waals surface area contributed by atoms with Gasteiger partial charge in [0.15, 0.2) is 0 Å². The Morgan fingerprint density at radius 3 is 2.83 bits per heavy atom. The molecule has 1 unspecified atom stereocenters. The van der Waals surface area contributed by atoms with Crippen molar-refractivity contribution >= 4 is 23.5 Å². The van der Waals surface area contributed by atoms with Gasteiger partial charge in [-0.15, -0.1) is 0 Å². The zero-order valence-electron chi connectivity index (χ0n) is 14.7. The quantitative estimate of drug-likeness (QED) is 0.771. The topological polar surface area (TPSA) is 43.8 Å². The predicted molar refractivity (Wildman–Crippen MR) is 99.1 cm³/mol. The van der Waals surface area contributed by atoms with Crippen molar-refractivity contribution in [3.05, 3.63) is 29.3 Å². The highest BCUT2D eigenvalue weighted by Crippen LogP contribution is 2.51. The van der Waals surface area contributed by atoms with Crippen molar-refractivity contribution in [2.24, 2.45) is 5.41 Å². The number of para-hydroxylation sites is 1. The number of piperidine rings is 1. The molecule has 0 bridgehead atoms. The van der Waals surface area contributed by atoms with Gasteiger partial charge in [0, 0.05) is 48.3 Å². The highest BCUT2D eigenvalue weighted by molar-refractivity contribution is 7.98. The summed E-state index contributed by atoms with van der Waals surface area (Å²) in [6.45, 7) is 8.31. The second-order valence-electron chi connectivity index (χ2n) is 8.35. The molecule has 1 aromatic carbocycles. The fourth-order valence-corrected chi connectivity index (χ4v) is 6.13. The number of carbonyl (C=O) groups is 1. The Kier molecular flexibility index (Phi) is 3.75. The van der Waals surface area contributed by atoms with Crippen LogP contribution >= 0.6 is 11.8 Å². The molecule has 1 fully saturated rings. The maximum atomic E-state index is 11.5. The molecule has 3 aliphatic rings. The number of rotatable bonds is 0. The molecule has 1 saturated heterocycles. The van der Waals surface area contributed by atoms with E-state index in [0.717, 1.165) is 17.9 Å². The average Bonchev–Trinajstić information content (AvgIpc) is 2.71. The minimum Gasteiger partial charge on any atom is -0.465 e. The number of likely N-dealkylation sites (tertiary alicyclic amines) is 1. The molecule has 4 nitrogen and oxygen atoms in total. The van der Waals surface area contributed by atoms with Gasteiger partial charge in [-0.3, -0.25) is 0 Å². The maximum Gasteiger partial charge on any atom is 0.407 e. The summed E-state index contributed by atoms with van der Waals surface area (Å²) in [6, 6.07) is 7.59. The van der Waals surface area contributed by atoms with Crippen LogP contribution in [0.3, 0.4) is 0 Å². The number of anilines is 1. The van der Waals surface area contributed by atoms with E-state index in [4.69, 9.17) is 0 Å². The van der Waals surface area contributed by atoms with Gasteiger partial charge >= 0.3 is 6.09 Å². The zero-order valence-corrected chi connectivity index (χ0v) is 15.5. The van der Waals surface area contributed by atoms with Crippen LogP contribution in [-0.2, 0) is 5.75 Å². The molecule has 3 atom stereocenters. The number of amides is 1. The predicted octanol–water partition coefficient (Wildman–Crippen LogP) is 4.00. The van der Waals surface area contributed by atoms with Crippen LogP contribution in [-0.4, -0.2) is 47.0 Å². The molecule has 1 N–H and O–H groups in total. The molecule has 1 amide bonds. The normalized spacial score (nSPS) is 29.0. The summed E-state index contributed by atoms with van der Waals surface area (Å²) < 4.78 is 0.